The first kappa shape index (κ1) is 23.4. The van der Waals surface area contributed by atoms with Crippen molar-refractivity contribution >= 4 is 16.1 Å². The quantitative estimate of drug-likeness (QED) is 0.290. The largest absolute Gasteiger partial charge is 0.480 e. The van der Waals surface area contributed by atoms with Crippen LogP contribution in [0.4, 0.5) is 0 Å². The molecule has 0 aromatic carbocycles. The summed E-state index contributed by atoms with van der Waals surface area (Å²) in [6.45, 7) is 4.07. The van der Waals surface area contributed by atoms with Gasteiger partial charge < -0.3 is 5.11 Å². The van der Waals surface area contributed by atoms with E-state index in [0.29, 0.717) is 19.3 Å². The van der Waals surface area contributed by atoms with Crippen LogP contribution in [-0.4, -0.2) is 28.8 Å². The van der Waals surface area contributed by atoms with E-state index in [9.17, 15) is 22.9 Å². The van der Waals surface area contributed by atoms with Gasteiger partial charge in [-0.1, -0.05) is 90.9 Å². The molecule has 0 amide bonds. The van der Waals surface area contributed by atoms with Crippen molar-refractivity contribution < 1.29 is 22.9 Å². The minimum absolute atomic E-state index is 0.00231. The standard InChI is InChI=1S/C18H36O5S/c1-3-5-7-8-9-10-11-12-13-14-16-18(17(19)20,15-6-4-2)24(21,22)23/h3-16H2,1-2H3,(H,19,20)(H,21,22,23). The van der Waals surface area contributed by atoms with Gasteiger partial charge in [0.1, 0.15) is 0 Å². The summed E-state index contributed by atoms with van der Waals surface area (Å²) in [5.74, 6) is -1.42. The molecule has 0 aliphatic heterocycles. The number of carboxylic acids is 1. The topological polar surface area (TPSA) is 91.7 Å². The number of unbranched alkanes of at least 4 members (excludes halogenated alkanes) is 10. The van der Waals surface area contributed by atoms with E-state index in [1.165, 1.54) is 38.5 Å². The highest BCUT2D eigenvalue weighted by atomic mass is 32.2. The fourth-order valence-corrected chi connectivity index (χ4v) is 4.09. The third-order valence-corrected chi connectivity index (χ3v) is 6.32. The Morgan fingerprint density at radius 3 is 1.50 bits per heavy atom. The van der Waals surface area contributed by atoms with E-state index in [0.717, 1.165) is 19.3 Å². The molecule has 24 heavy (non-hydrogen) atoms. The molecule has 0 bridgehead atoms. The van der Waals surface area contributed by atoms with Crippen molar-refractivity contribution in [3.63, 3.8) is 0 Å². The number of hydrogen-bond acceptors (Lipinski definition) is 3. The first-order valence-electron chi connectivity index (χ1n) is 9.52. The van der Waals surface area contributed by atoms with Gasteiger partial charge in [0.25, 0.3) is 10.1 Å². The molecule has 1 unspecified atom stereocenters. The van der Waals surface area contributed by atoms with Gasteiger partial charge in [-0.3, -0.25) is 9.35 Å². The Labute approximate surface area is 148 Å². The first-order valence-corrected chi connectivity index (χ1v) is 11.0. The number of hydrogen-bond donors (Lipinski definition) is 2. The van der Waals surface area contributed by atoms with Gasteiger partial charge in [0.15, 0.2) is 4.75 Å². The van der Waals surface area contributed by atoms with Gasteiger partial charge >= 0.3 is 5.97 Å². The molecule has 0 radical (unpaired) electrons. The van der Waals surface area contributed by atoms with Crippen molar-refractivity contribution in [2.24, 2.45) is 0 Å². The van der Waals surface area contributed by atoms with E-state index in [1.54, 1.807) is 0 Å². The summed E-state index contributed by atoms with van der Waals surface area (Å²) in [5, 5.41) is 9.39. The summed E-state index contributed by atoms with van der Waals surface area (Å²) in [4.78, 5) is 11.5. The average molecular weight is 365 g/mol. The van der Waals surface area contributed by atoms with Crippen molar-refractivity contribution in [1.82, 2.24) is 0 Å². The second kappa shape index (κ2) is 12.7. The number of rotatable bonds is 16. The van der Waals surface area contributed by atoms with E-state index in [1.807, 2.05) is 6.92 Å². The maximum Gasteiger partial charge on any atom is 0.327 e. The highest BCUT2D eigenvalue weighted by Crippen LogP contribution is 2.31. The molecule has 0 rings (SSSR count). The number of carbonyl (C=O) groups is 1. The first-order chi connectivity index (χ1) is 11.3. The van der Waals surface area contributed by atoms with E-state index in [4.69, 9.17) is 0 Å². The van der Waals surface area contributed by atoms with Crippen LogP contribution < -0.4 is 0 Å². The monoisotopic (exact) mass is 364 g/mol. The Bertz CT molecular complexity index is 433. The normalized spacial score (nSPS) is 14.5. The minimum Gasteiger partial charge on any atom is -0.480 e. The second-order valence-electron chi connectivity index (χ2n) is 6.81. The lowest BCUT2D eigenvalue weighted by Gasteiger charge is -2.26. The molecule has 0 aliphatic rings. The lowest BCUT2D eigenvalue weighted by atomic mass is 9.94. The summed E-state index contributed by atoms with van der Waals surface area (Å²) >= 11 is 0. The molecule has 1 atom stereocenters. The summed E-state index contributed by atoms with van der Waals surface area (Å²) < 4.78 is 30.8. The van der Waals surface area contributed by atoms with E-state index in [2.05, 4.69) is 6.92 Å². The third kappa shape index (κ3) is 8.47. The summed E-state index contributed by atoms with van der Waals surface area (Å²) in [7, 11) is -4.61. The van der Waals surface area contributed by atoms with Gasteiger partial charge in [0.05, 0.1) is 0 Å². The smallest absolute Gasteiger partial charge is 0.327 e. The van der Waals surface area contributed by atoms with Crippen LogP contribution in [-0.2, 0) is 14.9 Å². The zero-order chi connectivity index (χ0) is 18.5. The molecular weight excluding hydrogens is 328 g/mol. The Morgan fingerprint density at radius 2 is 1.12 bits per heavy atom. The van der Waals surface area contributed by atoms with Crippen LogP contribution in [0, 0.1) is 0 Å². The van der Waals surface area contributed by atoms with Crippen molar-refractivity contribution in [3.05, 3.63) is 0 Å². The molecule has 0 aromatic rings. The lowest BCUT2D eigenvalue weighted by Crippen LogP contribution is -2.46. The molecule has 0 aliphatic carbocycles. The van der Waals surface area contributed by atoms with Crippen LogP contribution in [0.1, 0.15) is 104 Å². The van der Waals surface area contributed by atoms with Gasteiger partial charge in [-0.15, -0.1) is 0 Å². The van der Waals surface area contributed by atoms with Crippen LogP contribution in [0.5, 0.6) is 0 Å². The Morgan fingerprint density at radius 1 is 0.750 bits per heavy atom. The molecule has 144 valence electrons. The summed E-state index contributed by atoms with van der Waals surface area (Å²) in [6.07, 6.45) is 12.1. The van der Waals surface area contributed by atoms with Crippen LogP contribution in [0.15, 0.2) is 0 Å². The average Bonchev–Trinajstić information content (AvgIpc) is 2.50. The maximum atomic E-state index is 11.7. The van der Waals surface area contributed by atoms with Gasteiger partial charge in [-0.2, -0.15) is 8.42 Å². The van der Waals surface area contributed by atoms with Gasteiger partial charge in [0.2, 0.25) is 0 Å². The molecule has 0 spiro atoms. The SMILES string of the molecule is CCCCCCCCCCCCC(CCCC)(C(=O)O)S(=O)(=O)O. The molecule has 0 heterocycles. The predicted molar refractivity (Wildman–Crippen MR) is 97.9 cm³/mol. The molecule has 6 heteroatoms. The summed E-state index contributed by atoms with van der Waals surface area (Å²) in [5.41, 5.74) is 0. The zero-order valence-electron chi connectivity index (χ0n) is 15.4. The van der Waals surface area contributed by atoms with Crippen LogP contribution >= 0.6 is 0 Å². The molecular formula is C18H36O5S. The highest BCUT2D eigenvalue weighted by Gasteiger charge is 2.49. The fraction of sp³-hybridized carbons (Fsp3) is 0.944. The van der Waals surface area contributed by atoms with E-state index < -0.39 is 20.8 Å². The lowest BCUT2D eigenvalue weighted by molar-refractivity contribution is -0.140. The van der Waals surface area contributed by atoms with Crippen molar-refractivity contribution in [1.29, 1.82) is 0 Å². The zero-order valence-corrected chi connectivity index (χ0v) is 16.2. The second-order valence-corrected chi connectivity index (χ2v) is 8.54. The molecule has 0 saturated heterocycles. The predicted octanol–water partition coefficient (Wildman–Crippen LogP) is 5.20. The van der Waals surface area contributed by atoms with Crippen LogP contribution in [0.2, 0.25) is 0 Å². The van der Waals surface area contributed by atoms with E-state index >= 15 is 0 Å². The highest BCUT2D eigenvalue weighted by molar-refractivity contribution is 7.88. The third-order valence-electron chi connectivity index (χ3n) is 4.75. The number of aliphatic carboxylic acids is 1. The Kier molecular flexibility index (Phi) is 12.4. The van der Waals surface area contributed by atoms with Crippen molar-refractivity contribution in [2.75, 3.05) is 0 Å². The van der Waals surface area contributed by atoms with Crippen LogP contribution in [0.3, 0.4) is 0 Å². The van der Waals surface area contributed by atoms with Crippen molar-refractivity contribution in [2.45, 2.75) is 108 Å². The van der Waals surface area contributed by atoms with Crippen LogP contribution in [0.25, 0.3) is 0 Å². The number of carboxylic acid groups (broad SMARTS) is 1. The molecule has 5 nitrogen and oxygen atoms in total. The minimum atomic E-state index is -4.61. The Hall–Kier alpha value is -0.620. The van der Waals surface area contributed by atoms with Gasteiger partial charge in [-0.05, 0) is 12.8 Å². The summed E-state index contributed by atoms with van der Waals surface area (Å²) in [6, 6.07) is 0. The van der Waals surface area contributed by atoms with Crippen molar-refractivity contribution in [3.8, 4) is 0 Å². The molecule has 0 fully saturated rings. The molecule has 0 aromatic heterocycles. The Balaban J connectivity index is 4.18. The van der Waals surface area contributed by atoms with Gasteiger partial charge in [-0.25, -0.2) is 0 Å². The molecule has 2 N–H and O–H groups in total. The van der Waals surface area contributed by atoms with E-state index in [-0.39, 0.29) is 12.8 Å². The van der Waals surface area contributed by atoms with Gasteiger partial charge in [0, 0.05) is 0 Å². The maximum absolute atomic E-state index is 11.7. The molecule has 0 saturated carbocycles. The fourth-order valence-electron chi connectivity index (χ4n) is 3.07.